The zero-order valence-corrected chi connectivity index (χ0v) is 12.1. The number of aliphatic hydroxyl groups excluding tert-OH is 1. The van der Waals surface area contributed by atoms with Gasteiger partial charge in [0.1, 0.15) is 0 Å². The number of hydrogen-bond donors (Lipinski definition) is 2. The fourth-order valence-electron chi connectivity index (χ4n) is 2.74. The number of nitrogens with one attached hydrogen (secondary N) is 1. The molecule has 0 saturated heterocycles. The number of carbonyl (C=O) groups excluding carboxylic acids is 1. The van der Waals surface area contributed by atoms with Crippen molar-refractivity contribution in [1.29, 1.82) is 0 Å². The first-order chi connectivity index (χ1) is 10.3. The molecule has 1 aliphatic rings. The van der Waals surface area contributed by atoms with Crippen LogP contribution in [-0.4, -0.2) is 11.0 Å². The van der Waals surface area contributed by atoms with E-state index in [4.69, 9.17) is 2.74 Å². The van der Waals surface area contributed by atoms with E-state index in [-0.39, 0.29) is 18.2 Å². The molecular weight excluding hydrogens is 250 g/mol. The molecule has 1 aromatic rings. The summed E-state index contributed by atoms with van der Waals surface area (Å²) in [5, 5.41) is 13.0. The van der Waals surface area contributed by atoms with Gasteiger partial charge in [-0.15, -0.1) is 0 Å². The second-order valence-electron chi connectivity index (χ2n) is 5.52. The molecule has 3 nitrogen and oxygen atoms in total. The predicted molar refractivity (Wildman–Crippen MR) is 81.5 cm³/mol. The molecule has 1 atom stereocenters. The number of carbonyl (C=O) groups is 1. The Bertz CT molecular complexity index is 508. The first-order valence-corrected chi connectivity index (χ1v) is 7.44. The van der Waals surface area contributed by atoms with Gasteiger partial charge in [-0.3, -0.25) is 4.79 Å². The van der Waals surface area contributed by atoms with Crippen LogP contribution in [0.4, 0.5) is 5.69 Å². The summed E-state index contributed by atoms with van der Waals surface area (Å²) in [6, 6.07) is 7.07. The maximum absolute atomic E-state index is 12.2. The number of benzene rings is 1. The third-order valence-corrected chi connectivity index (χ3v) is 3.91. The van der Waals surface area contributed by atoms with Crippen LogP contribution in [0.2, 0.25) is 0 Å². The van der Waals surface area contributed by atoms with Gasteiger partial charge < -0.3 is 10.4 Å². The molecule has 1 saturated carbocycles. The van der Waals surface area contributed by atoms with Crippen LogP contribution in [0.5, 0.6) is 0 Å². The van der Waals surface area contributed by atoms with Crippen molar-refractivity contribution in [2.24, 2.45) is 5.92 Å². The molecule has 0 heterocycles. The second kappa shape index (κ2) is 7.44. The van der Waals surface area contributed by atoms with Crippen LogP contribution in [0.1, 0.15) is 66.2 Å². The summed E-state index contributed by atoms with van der Waals surface area (Å²) >= 11 is 0. The Morgan fingerprint density at radius 3 is 2.90 bits per heavy atom. The van der Waals surface area contributed by atoms with Gasteiger partial charge in [0.25, 0.3) is 0 Å². The highest BCUT2D eigenvalue weighted by Crippen LogP contribution is 2.26. The summed E-state index contributed by atoms with van der Waals surface area (Å²) in [5.74, 6) is 0.143. The maximum Gasteiger partial charge on any atom is 0.227 e. The number of amides is 1. The Balaban J connectivity index is 2.00. The van der Waals surface area contributed by atoms with E-state index in [1.54, 1.807) is 24.3 Å². The van der Waals surface area contributed by atoms with Crippen molar-refractivity contribution < 1.29 is 12.6 Å². The van der Waals surface area contributed by atoms with E-state index < -0.39 is 12.5 Å². The quantitative estimate of drug-likeness (QED) is 0.853. The average molecular weight is 277 g/mol. The van der Waals surface area contributed by atoms with Crippen molar-refractivity contribution in [3.8, 4) is 0 Å². The lowest BCUT2D eigenvalue weighted by Gasteiger charge is -2.21. The summed E-state index contributed by atoms with van der Waals surface area (Å²) in [7, 11) is 0. The fraction of sp³-hybridized carbons (Fsp3) is 0.588. The van der Waals surface area contributed by atoms with E-state index in [9.17, 15) is 9.90 Å². The third-order valence-electron chi connectivity index (χ3n) is 3.91. The van der Waals surface area contributed by atoms with Crippen molar-refractivity contribution >= 4 is 11.6 Å². The van der Waals surface area contributed by atoms with E-state index in [2.05, 4.69) is 5.32 Å². The van der Waals surface area contributed by atoms with Gasteiger partial charge in [0.05, 0.1) is 6.10 Å². The highest BCUT2D eigenvalue weighted by molar-refractivity contribution is 5.92. The normalized spacial score (nSPS) is 19.9. The van der Waals surface area contributed by atoms with Crippen LogP contribution in [0.25, 0.3) is 0 Å². The summed E-state index contributed by atoms with van der Waals surface area (Å²) in [6.45, 7) is 1.45. The minimum atomic E-state index is -1.43. The SMILES string of the molecule is [2H]C([2H])(C)CC(O)c1cccc(NC(=O)C2CCCCC2)c1. The molecule has 0 bridgehead atoms. The highest BCUT2D eigenvalue weighted by Gasteiger charge is 2.21. The Morgan fingerprint density at radius 2 is 2.20 bits per heavy atom. The lowest BCUT2D eigenvalue weighted by atomic mass is 9.88. The first-order valence-electron chi connectivity index (χ1n) is 8.44. The zero-order valence-electron chi connectivity index (χ0n) is 14.1. The number of aliphatic hydroxyl groups is 1. The van der Waals surface area contributed by atoms with E-state index in [0.717, 1.165) is 25.7 Å². The van der Waals surface area contributed by atoms with Gasteiger partial charge in [0, 0.05) is 14.3 Å². The molecule has 3 heteroatoms. The lowest BCUT2D eigenvalue weighted by Crippen LogP contribution is -2.24. The number of anilines is 1. The Morgan fingerprint density at radius 1 is 1.45 bits per heavy atom. The lowest BCUT2D eigenvalue weighted by molar-refractivity contribution is -0.120. The molecule has 0 spiro atoms. The number of rotatable bonds is 5. The van der Waals surface area contributed by atoms with Crippen LogP contribution >= 0.6 is 0 Å². The Kier molecular flexibility index (Phi) is 4.61. The second-order valence-corrected chi connectivity index (χ2v) is 5.52. The van der Waals surface area contributed by atoms with Crippen LogP contribution in [0.3, 0.4) is 0 Å². The van der Waals surface area contributed by atoms with E-state index in [0.29, 0.717) is 11.3 Å². The summed E-state index contributed by atoms with van der Waals surface area (Å²) in [4.78, 5) is 12.2. The minimum absolute atomic E-state index is 0.0347. The first kappa shape index (κ1) is 12.4. The highest BCUT2D eigenvalue weighted by atomic mass is 16.3. The Hall–Kier alpha value is -1.35. The zero-order chi connectivity index (χ0) is 16.2. The summed E-state index contributed by atoms with van der Waals surface area (Å²) in [6.07, 6.45) is 3.07. The molecular formula is C17H25NO2. The van der Waals surface area contributed by atoms with Gasteiger partial charge in [0.2, 0.25) is 5.91 Å². The average Bonchev–Trinajstić information content (AvgIpc) is 2.46. The van der Waals surface area contributed by atoms with Crippen molar-refractivity contribution in [3.63, 3.8) is 0 Å². The predicted octanol–water partition coefficient (Wildman–Crippen LogP) is 4.04. The summed E-state index contributed by atoms with van der Waals surface area (Å²) < 4.78 is 15.1. The van der Waals surface area contributed by atoms with E-state index in [1.165, 1.54) is 13.3 Å². The summed E-state index contributed by atoms with van der Waals surface area (Å²) in [5.41, 5.74) is 1.30. The molecule has 20 heavy (non-hydrogen) atoms. The molecule has 110 valence electrons. The molecule has 1 amide bonds. The van der Waals surface area contributed by atoms with E-state index in [1.807, 2.05) is 0 Å². The minimum Gasteiger partial charge on any atom is -0.388 e. The molecule has 0 aromatic heterocycles. The monoisotopic (exact) mass is 277 g/mol. The molecule has 1 fully saturated rings. The van der Waals surface area contributed by atoms with Gasteiger partial charge in [-0.05, 0) is 37.0 Å². The van der Waals surface area contributed by atoms with Crippen molar-refractivity contribution in [2.45, 2.75) is 57.9 Å². The molecule has 1 aliphatic carbocycles. The topological polar surface area (TPSA) is 49.3 Å². The molecule has 1 aromatic carbocycles. The maximum atomic E-state index is 12.2. The smallest absolute Gasteiger partial charge is 0.227 e. The standard InChI is InChI=1S/C17H25NO2/c1-2-7-16(19)14-10-6-11-15(12-14)18-17(20)13-8-4-3-5-9-13/h6,10-13,16,19H,2-5,7-9H2,1H3,(H,18,20)/i2D2. The van der Waals surface area contributed by atoms with Crippen molar-refractivity contribution in [2.75, 3.05) is 5.32 Å². The van der Waals surface area contributed by atoms with Crippen molar-refractivity contribution in [3.05, 3.63) is 29.8 Å². The number of hydrogen-bond acceptors (Lipinski definition) is 2. The van der Waals surface area contributed by atoms with E-state index >= 15 is 0 Å². The van der Waals surface area contributed by atoms with Crippen molar-refractivity contribution in [1.82, 2.24) is 0 Å². The fourth-order valence-corrected chi connectivity index (χ4v) is 2.74. The largest absolute Gasteiger partial charge is 0.388 e. The molecule has 2 rings (SSSR count). The Labute approximate surface area is 124 Å². The van der Waals surface area contributed by atoms with Gasteiger partial charge in [-0.2, -0.15) is 0 Å². The van der Waals surface area contributed by atoms with Gasteiger partial charge >= 0.3 is 0 Å². The van der Waals surface area contributed by atoms with Crippen LogP contribution < -0.4 is 5.32 Å². The molecule has 1 unspecified atom stereocenters. The molecule has 2 N–H and O–H groups in total. The van der Waals surface area contributed by atoms with Crippen LogP contribution in [0.15, 0.2) is 24.3 Å². The van der Waals surface area contributed by atoms with Crippen LogP contribution in [0, 0.1) is 5.92 Å². The van der Waals surface area contributed by atoms with Crippen LogP contribution in [-0.2, 0) is 4.79 Å². The molecule has 0 radical (unpaired) electrons. The molecule has 0 aliphatic heterocycles. The third kappa shape index (κ3) is 4.07. The van der Waals surface area contributed by atoms with Gasteiger partial charge in [0.15, 0.2) is 0 Å². The van der Waals surface area contributed by atoms with Gasteiger partial charge in [-0.1, -0.05) is 44.7 Å². The van der Waals surface area contributed by atoms with Gasteiger partial charge in [-0.25, -0.2) is 0 Å².